The molecule has 27 heavy (non-hydrogen) atoms. The van der Waals surface area contributed by atoms with Gasteiger partial charge >= 0.3 is 0 Å². The third kappa shape index (κ3) is 11.5. The van der Waals surface area contributed by atoms with Crippen LogP contribution in [0.5, 0.6) is 0 Å². The van der Waals surface area contributed by atoms with Crippen LogP contribution in [0.15, 0.2) is 4.99 Å². The minimum atomic E-state index is 0. The SMILES string of the molecule is CCNC(=NCCCN1CCC(C)CC1)NCCCCN1CCOCC1.I. The molecule has 160 valence electrons. The highest BCUT2D eigenvalue weighted by atomic mass is 127. The zero-order valence-electron chi connectivity index (χ0n) is 17.5. The predicted octanol–water partition coefficient (Wildman–Crippen LogP) is 2.39. The van der Waals surface area contributed by atoms with Crippen LogP contribution in [0.4, 0.5) is 0 Å². The van der Waals surface area contributed by atoms with Gasteiger partial charge in [0, 0.05) is 32.7 Å². The Morgan fingerprint density at radius 1 is 0.963 bits per heavy atom. The van der Waals surface area contributed by atoms with Crippen LogP contribution in [0.1, 0.15) is 46.0 Å². The van der Waals surface area contributed by atoms with Gasteiger partial charge in [-0.3, -0.25) is 9.89 Å². The average molecular weight is 495 g/mol. The maximum Gasteiger partial charge on any atom is 0.191 e. The number of hydrogen-bond donors (Lipinski definition) is 2. The molecule has 0 spiro atoms. The van der Waals surface area contributed by atoms with Gasteiger partial charge in [0.15, 0.2) is 5.96 Å². The van der Waals surface area contributed by atoms with Crippen LogP contribution >= 0.6 is 24.0 Å². The second-order valence-electron chi connectivity index (χ2n) is 7.73. The molecule has 0 bridgehead atoms. The normalized spacial score (nSPS) is 20.3. The van der Waals surface area contributed by atoms with Gasteiger partial charge in [-0.05, 0) is 71.1 Å². The summed E-state index contributed by atoms with van der Waals surface area (Å²) in [7, 11) is 0. The number of hydrogen-bond acceptors (Lipinski definition) is 4. The van der Waals surface area contributed by atoms with E-state index in [4.69, 9.17) is 9.73 Å². The van der Waals surface area contributed by atoms with Gasteiger partial charge in [-0.1, -0.05) is 6.92 Å². The van der Waals surface area contributed by atoms with Crippen molar-refractivity contribution in [3.8, 4) is 0 Å². The Labute approximate surface area is 183 Å². The quantitative estimate of drug-likeness (QED) is 0.211. The first-order chi connectivity index (χ1) is 12.8. The van der Waals surface area contributed by atoms with Gasteiger partial charge in [0.25, 0.3) is 0 Å². The maximum absolute atomic E-state index is 5.39. The van der Waals surface area contributed by atoms with Crippen molar-refractivity contribution >= 4 is 29.9 Å². The topological polar surface area (TPSA) is 52.1 Å². The van der Waals surface area contributed by atoms with Crippen molar-refractivity contribution in [1.29, 1.82) is 0 Å². The summed E-state index contributed by atoms with van der Waals surface area (Å²) in [6.07, 6.45) is 6.30. The molecule has 0 atom stereocenters. The lowest BCUT2D eigenvalue weighted by Gasteiger charge is -2.29. The second-order valence-corrected chi connectivity index (χ2v) is 7.73. The molecule has 6 nitrogen and oxygen atoms in total. The highest BCUT2D eigenvalue weighted by Crippen LogP contribution is 2.15. The Morgan fingerprint density at radius 3 is 2.33 bits per heavy atom. The standard InChI is InChI=1S/C20H41N5O.HI/c1-3-21-20(22-9-4-5-11-25-15-17-26-18-16-25)23-10-6-12-24-13-7-19(2)8-14-24;/h19H,3-18H2,1-2H3,(H2,21,22,23);1H. The molecule has 0 radical (unpaired) electrons. The molecule has 7 heteroatoms. The largest absolute Gasteiger partial charge is 0.379 e. The molecule has 0 aromatic carbocycles. The van der Waals surface area contributed by atoms with E-state index in [1.54, 1.807) is 0 Å². The predicted molar refractivity (Wildman–Crippen MR) is 125 cm³/mol. The summed E-state index contributed by atoms with van der Waals surface area (Å²) in [5.74, 6) is 1.89. The highest BCUT2D eigenvalue weighted by Gasteiger charge is 2.14. The number of nitrogens with zero attached hydrogens (tertiary/aromatic N) is 3. The molecule has 2 heterocycles. The van der Waals surface area contributed by atoms with Crippen molar-refractivity contribution in [2.45, 2.75) is 46.0 Å². The fourth-order valence-electron chi connectivity index (χ4n) is 3.60. The van der Waals surface area contributed by atoms with Crippen LogP contribution in [0.25, 0.3) is 0 Å². The first-order valence-electron chi connectivity index (χ1n) is 10.8. The minimum Gasteiger partial charge on any atom is -0.379 e. The number of aliphatic imine (C=N–C) groups is 1. The lowest BCUT2D eigenvalue weighted by atomic mass is 9.99. The summed E-state index contributed by atoms with van der Waals surface area (Å²) in [5, 5.41) is 6.85. The van der Waals surface area contributed by atoms with E-state index in [9.17, 15) is 0 Å². The van der Waals surface area contributed by atoms with Crippen molar-refractivity contribution in [3.63, 3.8) is 0 Å². The van der Waals surface area contributed by atoms with E-state index in [1.165, 1.54) is 51.9 Å². The van der Waals surface area contributed by atoms with E-state index in [0.717, 1.165) is 64.2 Å². The van der Waals surface area contributed by atoms with Crippen molar-refractivity contribution in [3.05, 3.63) is 0 Å². The van der Waals surface area contributed by atoms with E-state index in [2.05, 4.69) is 34.3 Å². The number of nitrogens with one attached hydrogen (secondary N) is 2. The van der Waals surface area contributed by atoms with E-state index in [1.807, 2.05) is 0 Å². The van der Waals surface area contributed by atoms with Gasteiger partial charge < -0.3 is 20.3 Å². The molecule has 0 aliphatic carbocycles. The van der Waals surface area contributed by atoms with Crippen LogP contribution in [0.2, 0.25) is 0 Å². The lowest BCUT2D eigenvalue weighted by Crippen LogP contribution is -2.39. The molecule has 0 unspecified atom stereocenters. The van der Waals surface area contributed by atoms with Crippen molar-refractivity contribution in [2.75, 3.05) is 72.1 Å². The van der Waals surface area contributed by atoms with Crippen LogP contribution < -0.4 is 10.6 Å². The molecule has 2 saturated heterocycles. The molecule has 2 N–H and O–H groups in total. The number of guanidine groups is 1. The van der Waals surface area contributed by atoms with E-state index >= 15 is 0 Å². The third-order valence-corrected chi connectivity index (χ3v) is 5.42. The average Bonchev–Trinajstić information content (AvgIpc) is 2.67. The van der Waals surface area contributed by atoms with Crippen molar-refractivity contribution in [1.82, 2.24) is 20.4 Å². The summed E-state index contributed by atoms with van der Waals surface area (Å²) in [4.78, 5) is 9.84. The summed E-state index contributed by atoms with van der Waals surface area (Å²) in [6.45, 7) is 16.2. The van der Waals surface area contributed by atoms with Gasteiger partial charge in [-0.15, -0.1) is 24.0 Å². The number of likely N-dealkylation sites (tertiary alicyclic amines) is 1. The molecule has 2 aliphatic heterocycles. The summed E-state index contributed by atoms with van der Waals surface area (Å²) in [5.41, 5.74) is 0. The third-order valence-electron chi connectivity index (χ3n) is 5.42. The molecule has 0 amide bonds. The Hall–Kier alpha value is -0.120. The maximum atomic E-state index is 5.39. The number of unbranched alkanes of at least 4 members (excludes halogenated alkanes) is 1. The van der Waals surface area contributed by atoms with E-state index in [-0.39, 0.29) is 24.0 Å². The molecule has 2 fully saturated rings. The molecule has 2 rings (SSSR count). The second kappa shape index (κ2) is 15.8. The van der Waals surface area contributed by atoms with Crippen molar-refractivity contribution in [2.24, 2.45) is 10.9 Å². The summed E-state index contributed by atoms with van der Waals surface area (Å²) < 4.78 is 5.39. The van der Waals surface area contributed by atoms with E-state index < -0.39 is 0 Å². The smallest absolute Gasteiger partial charge is 0.191 e. The Balaban J connectivity index is 0.00000364. The first kappa shape index (κ1) is 24.9. The molecule has 0 aromatic heterocycles. The summed E-state index contributed by atoms with van der Waals surface area (Å²) in [6, 6.07) is 0. The van der Waals surface area contributed by atoms with Gasteiger partial charge in [-0.2, -0.15) is 0 Å². The first-order valence-corrected chi connectivity index (χ1v) is 10.8. The number of rotatable bonds is 10. The molecule has 0 saturated carbocycles. The fraction of sp³-hybridized carbons (Fsp3) is 0.950. The Bertz CT molecular complexity index is 383. The van der Waals surface area contributed by atoms with Crippen LogP contribution in [-0.2, 0) is 4.74 Å². The van der Waals surface area contributed by atoms with Crippen molar-refractivity contribution < 1.29 is 4.74 Å². The molecule has 2 aliphatic rings. The van der Waals surface area contributed by atoms with Crippen LogP contribution in [0, 0.1) is 5.92 Å². The van der Waals surface area contributed by atoms with E-state index in [0.29, 0.717) is 0 Å². The zero-order valence-corrected chi connectivity index (χ0v) is 19.9. The van der Waals surface area contributed by atoms with Gasteiger partial charge in [-0.25, -0.2) is 0 Å². The fourth-order valence-corrected chi connectivity index (χ4v) is 3.60. The lowest BCUT2D eigenvalue weighted by molar-refractivity contribution is 0.0372. The zero-order chi connectivity index (χ0) is 18.5. The van der Waals surface area contributed by atoms with Gasteiger partial charge in [0.05, 0.1) is 13.2 Å². The number of halogens is 1. The summed E-state index contributed by atoms with van der Waals surface area (Å²) >= 11 is 0. The molecular weight excluding hydrogens is 453 g/mol. The number of morpholine rings is 1. The highest BCUT2D eigenvalue weighted by molar-refractivity contribution is 14.0. The molecule has 0 aromatic rings. The van der Waals surface area contributed by atoms with Gasteiger partial charge in [0.1, 0.15) is 0 Å². The van der Waals surface area contributed by atoms with Crippen LogP contribution in [-0.4, -0.2) is 87.9 Å². The van der Waals surface area contributed by atoms with Crippen LogP contribution in [0.3, 0.4) is 0 Å². The monoisotopic (exact) mass is 495 g/mol. The minimum absolute atomic E-state index is 0. The number of ether oxygens (including phenoxy) is 1. The Kier molecular flexibility index (Phi) is 14.5. The molecular formula is C20H42IN5O. The van der Waals surface area contributed by atoms with Gasteiger partial charge in [0.2, 0.25) is 0 Å². The Morgan fingerprint density at radius 2 is 1.63 bits per heavy atom. The number of piperidine rings is 1.